The number of anilines is 1. The van der Waals surface area contributed by atoms with Gasteiger partial charge in [-0.05, 0) is 50.2 Å². The van der Waals surface area contributed by atoms with E-state index in [2.05, 4.69) is 10.3 Å². The smallest absolute Gasteiger partial charge is 0.266 e. The molecular weight excluding hydrogens is 450 g/mol. The highest BCUT2D eigenvalue weighted by molar-refractivity contribution is 7.99. The third-order valence-electron chi connectivity index (χ3n) is 5.04. The van der Waals surface area contributed by atoms with Crippen molar-refractivity contribution in [1.82, 2.24) is 9.55 Å². The highest BCUT2D eigenvalue weighted by atomic mass is 32.2. The van der Waals surface area contributed by atoms with E-state index in [0.29, 0.717) is 45.4 Å². The molecule has 8 heteroatoms. The molecule has 0 unspecified atom stereocenters. The number of thioether (sulfide) groups is 1. The van der Waals surface area contributed by atoms with Gasteiger partial charge in [-0.1, -0.05) is 48.2 Å². The lowest BCUT2D eigenvalue weighted by Gasteiger charge is -2.16. The van der Waals surface area contributed by atoms with Crippen molar-refractivity contribution in [3.63, 3.8) is 0 Å². The molecule has 1 heterocycles. The van der Waals surface area contributed by atoms with Gasteiger partial charge >= 0.3 is 0 Å². The van der Waals surface area contributed by atoms with E-state index in [1.807, 2.05) is 25.1 Å². The Bertz CT molecular complexity index is 1430. The summed E-state index contributed by atoms with van der Waals surface area (Å²) in [5, 5.41) is 3.65. The summed E-state index contributed by atoms with van der Waals surface area (Å²) in [5.41, 5.74) is 1.92. The van der Waals surface area contributed by atoms with Gasteiger partial charge in [0, 0.05) is 11.3 Å². The van der Waals surface area contributed by atoms with E-state index >= 15 is 0 Å². The first-order valence-corrected chi connectivity index (χ1v) is 11.7. The summed E-state index contributed by atoms with van der Waals surface area (Å²) in [5.74, 6) is 0.211. The van der Waals surface area contributed by atoms with E-state index in [9.17, 15) is 14.4 Å². The van der Waals surface area contributed by atoms with Crippen LogP contribution >= 0.6 is 11.8 Å². The monoisotopic (exact) mass is 473 g/mol. The number of carbonyl (C=O) groups excluding carboxylic acids is 2. The summed E-state index contributed by atoms with van der Waals surface area (Å²) in [7, 11) is 0. The van der Waals surface area contributed by atoms with Gasteiger partial charge in [-0.15, -0.1) is 0 Å². The third kappa shape index (κ3) is 5.02. The summed E-state index contributed by atoms with van der Waals surface area (Å²) in [6, 6.07) is 21.1. The normalized spacial score (nSPS) is 10.8. The van der Waals surface area contributed by atoms with E-state index in [1.165, 1.54) is 11.5 Å². The summed E-state index contributed by atoms with van der Waals surface area (Å²) in [6.45, 7) is 3.79. The van der Waals surface area contributed by atoms with Crippen LogP contribution in [0.2, 0.25) is 0 Å². The number of ether oxygens (including phenoxy) is 1. The molecule has 0 bridgehead atoms. The zero-order chi connectivity index (χ0) is 24.1. The SMILES string of the molecule is CCOc1ccccc1-n1c(SCC(=O)Nc2cccc(C(C)=O)c2)nc2ccccc2c1=O. The number of aromatic nitrogens is 2. The van der Waals surface area contributed by atoms with Gasteiger partial charge in [0.15, 0.2) is 10.9 Å². The predicted molar refractivity (Wildman–Crippen MR) is 134 cm³/mol. The van der Waals surface area contributed by atoms with Crippen molar-refractivity contribution in [2.75, 3.05) is 17.7 Å². The number of para-hydroxylation sites is 3. The zero-order valence-electron chi connectivity index (χ0n) is 18.8. The Morgan fingerprint density at radius 2 is 1.79 bits per heavy atom. The van der Waals surface area contributed by atoms with Crippen LogP contribution in [0.25, 0.3) is 16.6 Å². The maximum atomic E-state index is 13.5. The van der Waals surface area contributed by atoms with Gasteiger partial charge < -0.3 is 10.1 Å². The van der Waals surface area contributed by atoms with Gasteiger partial charge in [0.1, 0.15) is 5.75 Å². The number of ketones is 1. The molecule has 172 valence electrons. The fraction of sp³-hybridized carbons (Fsp3) is 0.154. The molecular formula is C26H23N3O4S. The van der Waals surface area contributed by atoms with E-state index in [0.717, 1.165) is 11.8 Å². The number of rotatable bonds is 8. The molecule has 4 rings (SSSR count). The average Bonchev–Trinajstić information content (AvgIpc) is 2.84. The van der Waals surface area contributed by atoms with Crippen LogP contribution < -0.4 is 15.6 Å². The number of fused-ring (bicyclic) bond motifs is 1. The van der Waals surface area contributed by atoms with Gasteiger partial charge in [-0.3, -0.25) is 19.0 Å². The molecule has 4 aromatic rings. The van der Waals surface area contributed by atoms with Crippen LogP contribution in [-0.4, -0.2) is 33.6 Å². The average molecular weight is 474 g/mol. The molecule has 0 radical (unpaired) electrons. The molecule has 0 atom stereocenters. The fourth-order valence-corrected chi connectivity index (χ4v) is 4.29. The Morgan fingerprint density at radius 3 is 2.59 bits per heavy atom. The number of nitrogens with one attached hydrogen (secondary N) is 1. The highest BCUT2D eigenvalue weighted by Crippen LogP contribution is 2.27. The molecule has 7 nitrogen and oxygen atoms in total. The molecule has 0 fully saturated rings. The van der Waals surface area contributed by atoms with Gasteiger partial charge in [0.25, 0.3) is 5.56 Å². The largest absolute Gasteiger partial charge is 0.492 e. The van der Waals surface area contributed by atoms with E-state index in [-0.39, 0.29) is 23.0 Å². The number of nitrogens with zero attached hydrogens (tertiary/aromatic N) is 2. The van der Waals surface area contributed by atoms with Crippen LogP contribution in [0.4, 0.5) is 5.69 Å². The van der Waals surface area contributed by atoms with Gasteiger partial charge in [0.05, 0.1) is 29.0 Å². The van der Waals surface area contributed by atoms with Gasteiger partial charge in [0.2, 0.25) is 5.91 Å². The van der Waals surface area contributed by atoms with Crippen molar-refractivity contribution in [3.8, 4) is 11.4 Å². The highest BCUT2D eigenvalue weighted by Gasteiger charge is 2.17. The standard InChI is InChI=1S/C26H23N3O4S/c1-3-33-23-14-7-6-13-22(23)29-25(32)20-11-4-5-12-21(20)28-26(29)34-16-24(31)27-19-10-8-9-18(15-19)17(2)30/h4-15H,3,16H2,1-2H3,(H,27,31). The molecule has 1 amide bonds. The van der Waals surface area contributed by atoms with Crippen LogP contribution in [0, 0.1) is 0 Å². The van der Waals surface area contributed by atoms with E-state index in [1.54, 1.807) is 54.6 Å². The molecule has 0 aliphatic rings. The van der Waals surface area contributed by atoms with Crippen molar-refractivity contribution >= 4 is 40.0 Å². The van der Waals surface area contributed by atoms with Crippen molar-refractivity contribution in [2.24, 2.45) is 0 Å². The number of hydrogen-bond donors (Lipinski definition) is 1. The van der Waals surface area contributed by atoms with Crippen molar-refractivity contribution in [1.29, 1.82) is 0 Å². The second-order valence-corrected chi connectivity index (χ2v) is 8.37. The maximum absolute atomic E-state index is 13.5. The molecule has 34 heavy (non-hydrogen) atoms. The summed E-state index contributed by atoms with van der Waals surface area (Å²) in [4.78, 5) is 42.4. The Labute approximate surface area is 200 Å². The van der Waals surface area contributed by atoms with Crippen LogP contribution in [0.3, 0.4) is 0 Å². The molecule has 0 saturated carbocycles. The first kappa shape index (κ1) is 23.3. The first-order chi connectivity index (χ1) is 16.5. The first-order valence-electron chi connectivity index (χ1n) is 10.8. The second kappa shape index (κ2) is 10.4. The fourth-order valence-electron chi connectivity index (χ4n) is 3.48. The Balaban J connectivity index is 1.68. The quantitative estimate of drug-likeness (QED) is 0.226. The lowest BCUT2D eigenvalue weighted by molar-refractivity contribution is -0.113. The second-order valence-electron chi connectivity index (χ2n) is 7.43. The minimum Gasteiger partial charge on any atom is -0.492 e. The number of carbonyl (C=O) groups is 2. The predicted octanol–water partition coefficient (Wildman–Crippen LogP) is 4.72. The summed E-state index contributed by atoms with van der Waals surface area (Å²) in [6.07, 6.45) is 0. The zero-order valence-corrected chi connectivity index (χ0v) is 19.6. The van der Waals surface area contributed by atoms with Crippen LogP contribution in [0.5, 0.6) is 5.75 Å². The molecule has 3 aromatic carbocycles. The van der Waals surface area contributed by atoms with Gasteiger partial charge in [-0.25, -0.2) is 4.98 Å². The van der Waals surface area contributed by atoms with Crippen LogP contribution in [0.15, 0.2) is 82.7 Å². The molecule has 0 saturated heterocycles. The van der Waals surface area contributed by atoms with E-state index < -0.39 is 0 Å². The molecule has 1 aromatic heterocycles. The summed E-state index contributed by atoms with van der Waals surface area (Å²) < 4.78 is 7.23. The van der Waals surface area contributed by atoms with Crippen molar-refractivity contribution < 1.29 is 14.3 Å². The lowest BCUT2D eigenvalue weighted by atomic mass is 10.1. The van der Waals surface area contributed by atoms with Crippen molar-refractivity contribution in [3.05, 3.63) is 88.7 Å². The number of hydrogen-bond acceptors (Lipinski definition) is 6. The number of amides is 1. The third-order valence-corrected chi connectivity index (χ3v) is 5.97. The molecule has 1 N–H and O–H groups in total. The Kier molecular flexibility index (Phi) is 7.08. The molecule has 0 aliphatic carbocycles. The Morgan fingerprint density at radius 1 is 1.03 bits per heavy atom. The molecule has 0 aliphatic heterocycles. The van der Waals surface area contributed by atoms with Crippen LogP contribution in [-0.2, 0) is 4.79 Å². The van der Waals surface area contributed by atoms with Crippen molar-refractivity contribution in [2.45, 2.75) is 19.0 Å². The number of benzene rings is 3. The maximum Gasteiger partial charge on any atom is 0.266 e. The minimum absolute atomic E-state index is 0.0197. The van der Waals surface area contributed by atoms with E-state index in [4.69, 9.17) is 4.74 Å². The topological polar surface area (TPSA) is 90.3 Å². The molecule has 0 spiro atoms. The minimum atomic E-state index is -0.280. The van der Waals surface area contributed by atoms with Gasteiger partial charge in [-0.2, -0.15) is 0 Å². The number of Topliss-reactive ketones (excluding diaryl/α,β-unsaturated/α-hetero) is 1. The Hall–Kier alpha value is -3.91. The van der Waals surface area contributed by atoms with Crippen LogP contribution in [0.1, 0.15) is 24.2 Å². The summed E-state index contributed by atoms with van der Waals surface area (Å²) >= 11 is 1.15. The lowest BCUT2D eigenvalue weighted by Crippen LogP contribution is -2.23.